The molecule has 0 spiro atoms. The zero-order valence-electron chi connectivity index (χ0n) is 14.9. The van der Waals surface area contributed by atoms with Crippen LogP contribution in [0, 0.1) is 12.8 Å². The number of hydrogen-bond acceptors (Lipinski definition) is 3. The topological polar surface area (TPSA) is 50.2 Å². The number of piperidine rings is 1. The van der Waals surface area contributed by atoms with Gasteiger partial charge in [0, 0.05) is 18.8 Å². The highest BCUT2D eigenvalue weighted by atomic mass is 35.5. The first kappa shape index (κ1) is 19.5. The molecule has 5 nitrogen and oxygen atoms in total. The maximum Gasteiger partial charge on any atom is 0.257 e. The second-order valence-corrected chi connectivity index (χ2v) is 6.58. The van der Waals surface area contributed by atoms with Gasteiger partial charge < -0.3 is 10.2 Å². The van der Waals surface area contributed by atoms with E-state index in [1.807, 2.05) is 41.8 Å². The van der Waals surface area contributed by atoms with E-state index in [4.69, 9.17) is 0 Å². The van der Waals surface area contributed by atoms with Crippen molar-refractivity contribution in [3.63, 3.8) is 0 Å². The van der Waals surface area contributed by atoms with Crippen molar-refractivity contribution in [2.75, 3.05) is 26.7 Å². The van der Waals surface area contributed by atoms with Crippen molar-refractivity contribution in [2.24, 2.45) is 5.92 Å². The number of halogens is 1. The molecule has 0 aliphatic carbocycles. The Kier molecular flexibility index (Phi) is 7.02. The largest absolute Gasteiger partial charge is 0.339 e. The monoisotopic (exact) mass is 362 g/mol. The Labute approximate surface area is 155 Å². The first-order valence-electron chi connectivity index (χ1n) is 8.69. The number of carbonyl (C=O) groups excluding carboxylic acids is 1. The second-order valence-electron chi connectivity index (χ2n) is 6.58. The predicted molar refractivity (Wildman–Crippen MR) is 102 cm³/mol. The highest BCUT2D eigenvalue weighted by Crippen LogP contribution is 2.20. The molecule has 2 aromatic rings. The predicted octanol–water partition coefficient (Wildman–Crippen LogP) is 2.73. The summed E-state index contributed by atoms with van der Waals surface area (Å²) in [5.41, 5.74) is 2.87. The maximum atomic E-state index is 12.8. The van der Waals surface area contributed by atoms with E-state index in [9.17, 15) is 4.79 Å². The average molecular weight is 363 g/mol. The quantitative estimate of drug-likeness (QED) is 0.889. The Hall–Kier alpha value is -1.85. The van der Waals surface area contributed by atoms with Gasteiger partial charge in [0.25, 0.3) is 5.91 Å². The molecule has 25 heavy (non-hydrogen) atoms. The highest BCUT2D eigenvalue weighted by molar-refractivity contribution is 5.95. The van der Waals surface area contributed by atoms with Gasteiger partial charge in [-0.15, -0.1) is 12.4 Å². The number of nitrogens with one attached hydrogen (secondary N) is 1. The molecule has 3 rings (SSSR count). The van der Waals surface area contributed by atoms with E-state index in [1.165, 1.54) is 5.56 Å². The van der Waals surface area contributed by atoms with Crippen LogP contribution >= 0.6 is 12.4 Å². The number of benzene rings is 1. The molecule has 136 valence electrons. The average Bonchev–Trinajstić information content (AvgIpc) is 2.97. The lowest BCUT2D eigenvalue weighted by Crippen LogP contribution is -2.40. The lowest BCUT2D eigenvalue weighted by molar-refractivity contribution is 0.0690. The first-order chi connectivity index (χ1) is 11.7. The van der Waals surface area contributed by atoms with Crippen LogP contribution in [0.15, 0.2) is 36.5 Å². The normalized spacial score (nSPS) is 15.0. The Morgan fingerprint density at radius 2 is 1.92 bits per heavy atom. The van der Waals surface area contributed by atoms with Gasteiger partial charge in [0.05, 0.1) is 18.3 Å². The van der Waals surface area contributed by atoms with Gasteiger partial charge in [-0.1, -0.05) is 30.3 Å². The number of aromatic nitrogens is 2. The fourth-order valence-corrected chi connectivity index (χ4v) is 3.37. The van der Waals surface area contributed by atoms with Crippen molar-refractivity contribution >= 4 is 18.3 Å². The van der Waals surface area contributed by atoms with Crippen molar-refractivity contribution in [3.05, 3.63) is 53.3 Å². The summed E-state index contributed by atoms with van der Waals surface area (Å²) in [5.74, 6) is 0.802. The summed E-state index contributed by atoms with van der Waals surface area (Å²) in [4.78, 5) is 14.8. The Morgan fingerprint density at radius 3 is 2.56 bits per heavy atom. The van der Waals surface area contributed by atoms with E-state index in [1.54, 1.807) is 6.20 Å². The maximum absolute atomic E-state index is 12.8. The molecular formula is C19H27ClN4O. The Balaban J connectivity index is 0.00000225. The third-order valence-corrected chi connectivity index (χ3v) is 4.90. The van der Waals surface area contributed by atoms with Crippen LogP contribution in [0.5, 0.6) is 0 Å². The minimum atomic E-state index is 0. The van der Waals surface area contributed by atoms with Crippen LogP contribution in [0.25, 0.3) is 0 Å². The van der Waals surface area contributed by atoms with Gasteiger partial charge >= 0.3 is 0 Å². The van der Waals surface area contributed by atoms with Gasteiger partial charge in [-0.2, -0.15) is 5.10 Å². The van der Waals surface area contributed by atoms with E-state index in [0.29, 0.717) is 12.5 Å². The molecule has 1 N–H and O–H groups in total. The van der Waals surface area contributed by atoms with Crippen LogP contribution in [0.4, 0.5) is 0 Å². The van der Waals surface area contributed by atoms with Gasteiger partial charge in [0.1, 0.15) is 0 Å². The fourth-order valence-electron chi connectivity index (χ4n) is 3.37. The summed E-state index contributed by atoms with van der Waals surface area (Å²) in [5, 5.41) is 7.66. The number of nitrogens with zero attached hydrogens (tertiary/aromatic N) is 3. The van der Waals surface area contributed by atoms with Crippen molar-refractivity contribution < 1.29 is 4.79 Å². The fraction of sp³-hybridized carbons (Fsp3) is 0.474. The molecule has 2 heterocycles. The second kappa shape index (κ2) is 9.02. The molecule has 1 saturated heterocycles. The van der Waals surface area contributed by atoms with Crippen LogP contribution in [-0.4, -0.2) is 47.3 Å². The SMILES string of the molecule is CNCC1CCN(C(=O)c2cnn(Cc3ccccc3)c2C)CC1.Cl. The molecule has 0 bridgehead atoms. The first-order valence-corrected chi connectivity index (χ1v) is 8.69. The summed E-state index contributed by atoms with van der Waals surface area (Å²) >= 11 is 0. The number of carbonyl (C=O) groups is 1. The van der Waals surface area contributed by atoms with Crippen LogP contribution in [0.3, 0.4) is 0 Å². The van der Waals surface area contributed by atoms with Gasteiger partial charge in [-0.25, -0.2) is 0 Å². The van der Waals surface area contributed by atoms with Crippen LogP contribution < -0.4 is 5.32 Å². The summed E-state index contributed by atoms with van der Waals surface area (Å²) in [6.07, 6.45) is 3.87. The Bertz CT molecular complexity index is 678. The molecule has 6 heteroatoms. The van der Waals surface area contributed by atoms with Crippen molar-refractivity contribution in [1.29, 1.82) is 0 Å². The molecule has 1 aromatic heterocycles. The third-order valence-electron chi connectivity index (χ3n) is 4.90. The van der Waals surface area contributed by atoms with Crippen molar-refractivity contribution in [3.8, 4) is 0 Å². The number of rotatable bonds is 5. The minimum Gasteiger partial charge on any atom is -0.339 e. The highest BCUT2D eigenvalue weighted by Gasteiger charge is 2.25. The number of hydrogen-bond donors (Lipinski definition) is 1. The van der Waals surface area contributed by atoms with E-state index in [2.05, 4.69) is 22.5 Å². The van der Waals surface area contributed by atoms with Crippen molar-refractivity contribution in [1.82, 2.24) is 20.0 Å². The van der Waals surface area contributed by atoms with E-state index in [0.717, 1.165) is 43.7 Å². The van der Waals surface area contributed by atoms with Gasteiger partial charge in [-0.05, 0) is 44.8 Å². The molecule has 0 atom stereocenters. The molecular weight excluding hydrogens is 336 g/mol. The summed E-state index contributed by atoms with van der Waals surface area (Å²) < 4.78 is 1.91. The molecule has 1 aromatic carbocycles. The lowest BCUT2D eigenvalue weighted by Gasteiger charge is -2.31. The summed E-state index contributed by atoms with van der Waals surface area (Å²) in [6, 6.07) is 10.2. The molecule has 1 aliphatic heterocycles. The van der Waals surface area contributed by atoms with Crippen molar-refractivity contribution in [2.45, 2.75) is 26.3 Å². The zero-order chi connectivity index (χ0) is 16.9. The van der Waals surface area contributed by atoms with Gasteiger partial charge in [0.2, 0.25) is 0 Å². The van der Waals surface area contributed by atoms with Gasteiger partial charge in [-0.3, -0.25) is 9.48 Å². The zero-order valence-corrected chi connectivity index (χ0v) is 15.8. The summed E-state index contributed by atoms with van der Waals surface area (Å²) in [6.45, 7) is 5.40. The van der Waals surface area contributed by atoms with Crippen LogP contribution in [0.1, 0.15) is 34.5 Å². The molecule has 1 amide bonds. The van der Waals surface area contributed by atoms with E-state index < -0.39 is 0 Å². The molecule has 0 saturated carbocycles. The van der Waals surface area contributed by atoms with E-state index >= 15 is 0 Å². The van der Waals surface area contributed by atoms with Gasteiger partial charge in [0.15, 0.2) is 0 Å². The number of amides is 1. The molecule has 0 unspecified atom stereocenters. The molecule has 1 fully saturated rings. The molecule has 1 aliphatic rings. The van der Waals surface area contributed by atoms with Crippen LogP contribution in [0.2, 0.25) is 0 Å². The van der Waals surface area contributed by atoms with Crippen LogP contribution in [-0.2, 0) is 6.54 Å². The Morgan fingerprint density at radius 1 is 1.24 bits per heavy atom. The molecule has 0 radical (unpaired) electrons. The summed E-state index contributed by atoms with van der Waals surface area (Å²) in [7, 11) is 1.99. The standard InChI is InChI=1S/C19H26N4O.ClH/c1-15-18(13-21-23(15)14-17-6-4-3-5-7-17)19(24)22-10-8-16(9-11-22)12-20-2;/h3-7,13,16,20H,8-12,14H2,1-2H3;1H. The number of likely N-dealkylation sites (tertiary alicyclic amines) is 1. The minimum absolute atomic E-state index is 0. The lowest BCUT2D eigenvalue weighted by atomic mass is 9.96. The third kappa shape index (κ3) is 4.61. The van der Waals surface area contributed by atoms with E-state index in [-0.39, 0.29) is 18.3 Å². The smallest absolute Gasteiger partial charge is 0.257 e.